The van der Waals surface area contributed by atoms with Crippen LogP contribution in [0.3, 0.4) is 0 Å². The van der Waals surface area contributed by atoms with Gasteiger partial charge in [0.25, 0.3) is 11.8 Å². The van der Waals surface area contributed by atoms with Gasteiger partial charge in [0, 0.05) is 46.1 Å². The number of halogens is 3. The van der Waals surface area contributed by atoms with E-state index < -0.39 is 55.3 Å². The summed E-state index contributed by atoms with van der Waals surface area (Å²) in [7, 11) is 1.13. The van der Waals surface area contributed by atoms with Gasteiger partial charge in [-0.25, -0.2) is 18.0 Å². The summed E-state index contributed by atoms with van der Waals surface area (Å²) in [5.41, 5.74) is 2.52. The Kier molecular flexibility index (Phi) is 6.69. The zero-order chi connectivity index (χ0) is 31.9. The molecule has 1 aromatic heterocycles. The predicted octanol–water partition coefficient (Wildman–Crippen LogP) is 4.85. The number of morpholine rings is 1. The molecule has 1 amide bonds. The minimum absolute atomic E-state index is 0.0266. The molecule has 2 aliphatic carbocycles. The van der Waals surface area contributed by atoms with Crippen LogP contribution in [0.1, 0.15) is 28.3 Å². The monoisotopic (exact) mass is 653 g/mol. The molecular weight excluding hydrogens is 627 g/mol. The summed E-state index contributed by atoms with van der Waals surface area (Å²) in [4.78, 5) is 27.9. The van der Waals surface area contributed by atoms with Crippen molar-refractivity contribution in [3.8, 4) is 21.6 Å². The zero-order valence-electron chi connectivity index (χ0n) is 24.2. The van der Waals surface area contributed by atoms with Gasteiger partial charge in [0.1, 0.15) is 18.1 Å². The van der Waals surface area contributed by atoms with Crippen molar-refractivity contribution in [3.63, 3.8) is 0 Å². The van der Waals surface area contributed by atoms with E-state index in [0.717, 1.165) is 12.7 Å². The van der Waals surface area contributed by atoms with E-state index in [2.05, 4.69) is 4.74 Å². The van der Waals surface area contributed by atoms with Crippen LogP contribution in [0.5, 0.6) is 0 Å². The first-order valence-electron chi connectivity index (χ1n) is 14.5. The normalized spacial score (nSPS) is 24.0. The summed E-state index contributed by atoms with van der Waals surface area (Å²) in [6.45, 7) is -0.0608. The minimum Gasteiger partial charge on any atom is -0.456 e. The quantitative estimate of drug-likeness (QED) is 0.313. The van der Waals surface area contributed by atoms with Crippen LogP contribution < -0.4 is 0 Å². The lowest BCUT2D eigenvalue weighted by Gasteiger charge is -2.55. The molecule has 2 aromatic carbocycles. The number of methoxy groups -OCH3 is 1. The van der Waals surface area contributed by atoms with Crippen molar-refractivity contribution in [2.45, 2.75) is 30.7 Å². The Morgan fingerprint density at radius 1 is 1.17 bits per heavy atom. The van der Waals surface area contributed by atoms with Gasteiger partial charge in [0.2, 0.25) is 6.79 Å². The molecule has 2 fully saturated rings. The van der Waals surface area contributed by atoms with Gasteiger partial charge < -0.3 is 29.0 Å². The Morgan fingerprint density at radius 2 is 2.00 bits per heavy atom. The Labute approximate surface area is 264 Å². The van der Waals surface area contributed by atoms with E-state index in [0.29, 0.717) is 27.1 Å². The molecule has 0 bridgehead atoms. The average Bonchev–Trinajstić information content (AvgIpc) is 3.47. The van der Waals surface area contributed by atoms with Crippen molar-refractivity contribution in [2.75, 3.05) is 33.7 Å². The number of alkyl halides is 2. The number of carbonyl (C=O) groups excluding carboxylic acids is 2. The number of rotatable bonds is 4. The minimum atomic E-state index is -3.27. The number of nitrogens with zero attached hydrogens (tertiary/aromatic N) is 3. The summed E-state index contributed by atoms with van der Waals surface area (Å²) in [6.07, 6.45) is -0.887. The van der Waals surface area contributed by atoms with Gasteiger partial charge in [-0.3, -0.25) is 9.80 Å². The number of aliphatic hydroxyl groups is 1. The molecule has 3 aliphatic heterocycles. The lowest BCUT2D eigenvalue weighted by molar-refractivity contribution is -0.191. The van der Waals surface area contributed by atoms with Crippen molar-refractivity contribution >= 4 is 23.4 Å². The molecule has 46 heavy (non-hydrogen) atoms. The van der Waals surface area contributed by atoms with E-state index in [1.54, 1.807) is 16.0 Å². The summed E-state index contributed by atoms with van der Waals surface area (Å²) in [5.74, 6) is -4.59. The highest BCUT2D eigenvalue weighted by atomic mass is 32.1. The molecular formula is C32H26F3N3O7S. The Hall–Kier alpha value is -4.37. The Morgan fingerprint density at radius 3 is 2.83 bits per heavy atom. The first kappa shape index (κ1) is 29.1. The number of amides is 1. The molecule has 3 atom stereocenters. The molecule has 2 saturated heterocycles. The third-order valence-corrected chi connectivity index (χ3v) is 10.0. The Bertz CT molecular complexity index is 1860. The van der Waals surface area contributed by atoms with Gasteiger partial charge in [-0.05, 0) is 34.4 Å². The number of carbonyl (C=O) groups is 2. The highest BCUT2D eigenvalue weighted by Gasteiger charge is 2.53. The van der Waals surface area contributed by atoms with Gasteiger partial charge in [-0.15, -0.1) is 11.3 Å². The van der Waals surface area contributed by atoms with Crippen LogP contribution in [-0.2, 0) is 36.1 Å². The SMILES string of the molecule is COC(=O)OCOC1=C2C(=O)N3CCOCC3N(C3c4ccccc4-c4scc5c4-c4c3ccc(F)c4CC5(F)F)N2C=CC1O. The van der Waals surface area contributed by atoms with Crippen LogP contribution in [0.15, 0.2) is 65.5 Å². The molecule has 8 rings (SSSR count). The smallest absolute Gasteiger partial charge is 0.456 e. The molecule has 3 aromatic rings. The maximum Gasteiger partial charge on any atom is 0.510 e. The number of benzene rings is 2. The molecule has 1 N–H and O–H groups in total. The van der Waals surface area contributed by atoms with Gasteiger partial charge in [0.05, 0.1) is 26.4 Å². The molecule has 0 spiro atoms. The van der Waals surface area contributed by atoms with Gasteiger partial charge in [-0.1, -0.05) is 30.3 Å². The van der Waals surface area contributed by atoms with Crippen molar-refractivity contribution in [1.82, 2.24) is 14.9 Å². The number of ether oxygens (including phenoxy) is 4. The summed E-state index contributed by atoms with van der Waals surface area (Å²) in [5, 5.41) is 15.9. The van der Waals surface area contributed by atoms with Crippen LogP contribution in [0.2, 0.25) is 0 Å². The second-order valence-corrected chi connectivity index (χ2v) is 12.2. The molecule has 3 unspecified atom stereocenters. The Balaban J connectivity index is 1.36. The third kappa shape index (κ3) is 4.13. The summed E-state index contributed by atoms with van der Waals surface area (Å²) in [6, 6.07) is 9.53. The number of hydrogen-bond donors (Lipinski definition) is 1. The largest absolute Gasteiger partial charge is 0.510 e. The summed E-state index contributed by atoms with van der Waals surface area (Å²) < 4.78 is 67.7. The summed E-state index contributed by atoms with van der Waals surface area (Å²) >= 11 is 1.19. The predicted molar refractivity (Wildman–Crippen MR) is 156 cm³/mol. The van der Waals surface area contributed by atoms with Crippen molar-refractivity contribution in [1.29, 1.82) is 0 Å². The third-order valence-electron chi connectivity index (χ3n) is 9.00. The fourth-order valence-corrected chi connectivity index (χ4v) is 8.24. The van der Waals surface area contributed by atoms with Crippen LogP contribution in [0.25, 0.3) is 21.6 Å². The van der Waals surface area contributed by atoms with Crippen LogP contribution in [0.4, 0.5) is 18.0 Å². The second kappa shape index (κ2) is 10.6. The van der Waals surface area contributed by atoms with E-state index in [1.807, 2.05) is 29.3 Å². The van der Waals surface area contributed by atoms with Crippen molar-refractivity contribution in [2.24, 2.45) is 0 Å². The number of fused-ring (bicyclic) bond motifs is 4. The fourth-order valence-electron chi connectivity index (χ4n) is 7.07. The fraction of sp³-hybridized carbons (Fsp3) is 0.312. The van der Waals surface area contributed by atoms with E-state index in [4.69, 9.17) is 14.2 Å². The molecule has 0 radical (unpaired) electrons. The van der Waals surface area contributed by atoms with Crippen LogP contribution in [0, 0.1) is 5.82 Å². The highest BCUT2D eigenvalue weighted by molar-refractivity contribution is 7.14. The molecule has 14 heteroatoms. The lowest BCUT2D eigenvalue weighted by Crippen LogP contribution is -2.68. The number of aliphatic hydroxyl groups excluding tert-OH is 1. The maximum atomic E-state index is 15.6. The molecule has 10 nitrogen and oxygen atoms in total. The molecule has 4 heterocycles. The van der Waals surface area contributed by atoms with Crippen LogP contribution >= 0.6 is 11.3 Å². The van der Waals surface area contributed by atoms with Gasteiger partial charge >= 0.3 is 6.16 Å². The maximum absolute atomic E-state index is 15.6. The van der Waals surface area contributed by atoms with E-state index in [9.17, 15) is 14.7 Å². The number of hydrazine groups is 1. The first-order valence-corrected chi connectivity index (χ1v) is 15.4. The van der Waals surface area contributed by atoms with Crippen molar-refractivity contribution < 1.29 is 46.8 Å². The molecule has 5 aliphatic rings. The number of thiophene rings is 1. The van der Waals surface area contributed by atoms with Gasteiger partial charge in [0.15, 0.2) is 11.5 Å². The van der Waals surface area contributed by atoms with E-state index in [1.165, 1.54) is 35.1 Å². The molecule has 238 valence electrons. The second-order valence-electron chi connectivity index (χ2n) is 11.4. The van der Waals surface area contributed by atoms with Gasteiger partial charge in [-0.2, -0.15) is 5.01 Å². The van der Waals surface area contributed by atoms with E-state index >= 15 is 13.2 Å². The lowest BCUT2D eigenvalue weighted by atomic mass is 9.80. The number of hydrogen-bond acceptors (Lipinski definition) is 10. The average molecular weight is 654 g/mol. The van der Waals surface area contributed by atoms with Crippen molar-refractivity contribution in [3.05, 3.63) is 93.6 Å². The highest BCUT2D eigenvalue weighted by Crippen LogP contribution is 2.59. The zero-order valence-corrected chi connectivity index (χ0v) is 25.1. The topological polar surface area (TPSA) is 101 Å². The molecule has 0 saturated carbocycles. The standard InChI is InChI=1S/C32H26F3N3O7S/c1-42-31(41)45-15-44-28-22(39)8-9-37-27(28)30(40)36-10-11-43-13-23(36)38(37)26-16-4-2-3-5-17(16)29-25-20(14-46-29)32(34,35)12-19-21(33)7-6-18(26)24(19)25/h2-9,14,22-23,26,39H,10-13,15H2,1H3. The van der Waals surface area contributed by atoms with Crippen LogP contribution in [-0.4, -0.2) is 78.0 Å². The first-order chi connectivity index (χ1) is 22.2. The van der Waals surface area contributed by atoms with E-state index in [-0.39, 0.29) is 42.3 Å².